The molecular formula is C16H9F2N5O2. The molecule has 0 radical (unpaired) electrons. The van der Waals surface area contributed by atoms with Crippen molar-refractivity contribution in [2.24, 2.45) is 0 Å². The van der Waals surface area contributed by atoms with Crippen LogP contribution in [0.4, 0.5) is 8.78 Å². The number of hydrogen-bond acceptors (Lipinski definition) is 4. The number of aromatic carboxylic acids is 1. The molecule has 1 aromatic carbocycles. The third-order valence-electron chi connectivity index (χ3n) is 3.64. The van der Waals surface area contributed by atoms with Gasteiger partial charge in [0.05, 0.1) is 11.9 Å². The molecule has 25 heavy (non-hydrogen) atoms. The van der Waals surface area contributed by atoms with Crippen molar-refractivity contribution in [3.8, 4) is 17.1 Å². The number of carbonyl (C=O) groups is 1. The Morgan fingerprint density at radius 3 is 2.84 bits per heavy atom. The van der Waals surface area contributed by atoms with E-state index in [0.29, 0.717) is 17.0 Å². The smallest absolute Gasteiger partial charge is 0.339 e. The topological polar surface area (TPSA) is 96.7 Å². The molecule has 2 N–H and O–H groups in total. The highest BCUT2D eigenvalue weighted by molar-refractivity contribution is 6.00. The number of hydrogen-bond donors (Lipinski definition) is 2. The van der Waals surface area contributed by atoms with Crippen molar-refractivity contribution in [2.45, 2.75) is 0 Å². The first-order valence-electron chi connectivity index (χ1n) is 7.10. The van der Waals surface area contributed by atoms with Gasteiger partial charge in [0.2, 0.25) is 0 Å². The summed E-state index contributed by atoms with van der Waals surface area (Å²) in [5.41, 5.74) is 1.16. The molecule has 0 amide bonds. The number of aromatic amines is 1. The van der Waals surface area contributed by atoms with E-state index >= 15 is 0 Å². The van der Waals surface area contributed by atoms with Gasteiger partial charge in [0.15, 0.2) is 5.65 Å². The van der Waals surface area contributed by atoms with Crippen LogP contribution in [0.1, 0.15) is 10.4 Å². The van der Waals surface area contributed by atoms with Crippen LogP contribution in [0.3, 0.4) is 0 Å². The summed E-state index contributed by atoms with van der Waals surface area (Å²) in [6, 6.07) is 3.09. The minimum atomic E-state index is -1.13. The van der Waals surface area contributed by atoms with Gasteiger partial charge in [-0.3, -0.25) is 0 Å². The van der Waals surface area contributed by atoms with Gasteiger partial charge in [0.1, 0.15) is 40.4 Å². The first-order valence-corrected chi connectivity index (χ1v) is 7.10. The molecule has 0 saturated heterocycles. The van der Waals surface area contributed by atoms with E-state index in [1.165, 1.54) is 29.5 Å². The Hall–Kier alpha value is -3.62. The van der Waals surface area contributed by atoms with Gasteiger partial charge in [0, 0.05) is 18.5 Å². The van der Waals surface area contributed by atoms with E-state index in [1.54, 1.807) is 0 Å². The molecule has 0 aliphatic carbocycles. The quantitative estimate of drug-likeness (QED) is 0.597. The molecule has 124 valence electrons. The molecule has 0 fully saturated rings. The van der Waals surface area contributed by atoms with Gasteiger partial charge in [-0.05, 0) is 12.1 Å². The van der Waals surface area contributed by atoms with Gasteiger partial charge in [-0.1, -0.05) is 0 Å². The van der Waals surface area contributed by atoms with E-state index in [2.05, 4.69) is 19.9 Å². The summed E-state index contributed by atoms with van der Waals surface area (Å²) in [7, 11) is 0. The molecule has 4 rings (SSSR count). The van der Waals surface area contributed by atoms with E-state index in [0.717, 1.165) is 18.2 Å². The first-order chi connectivity index (χ1) is 12.0. The molecule has 9 heteroatoms. The van der Waals surface area contributed by atoms with E-state index in [-0.39, 0.29) is 16.8 Å². The first kappa shape index (κ1) is 14.9. The summed E-state index contributed by atoms with van der Waals surface area (Å²) in [4.78, 5) is 26.4. The van der Waals surface area contributed by atoms with Crippen molar-refractivity contribution in [1.29, 1.82) is 0 Å². The normalized spacial score (nSPS) is 11.1. The van der Waals surface area contributed by atoms with Gasteiger partial charge < -0.3 is 14.7 Å². The molecule has 0 spiro atoms. The lowest BCUT2D eigenvalue weighted by molar-refractivity contribution is 0.0699. The third-order valence-corrected chi connectivity index (χ3v) is 3.64. The molecule has 0 saturated carbocycles. The Bertz CT molecular complexity index is 1120. The highest BCUT2D eigenvalue weighted by atomic mass is 19.1. The molecule has 0 unspecified atom stereocenters. The van der Waals surface area contributed by atoms with Gasteiger partial charge in [0.25, 0.3) is 0 Å². The number of aromatic nitrogens is 5. The lowest BCUT2D eigenvalue weighted by atomic mass is 10.2. The van der Waals surface area contributed by atoms with Crippen LogP contribution < -0.4 is 0 Å². The molecule has 0 atom stereocenters. The lowest BCUT2D eigenvalue weighted by Gasteiger charge is -2.03. The molecule has 7 nitrogen and oxygen atoms in total. The Labute approximate surface area is 138 Å². The standard InChI is InChI=1S/C16H9F2N5O2/c17-8-1-2-10(18)13(3-8)23-6-12(21-7-23)11-5-20-15-14(22-11)9(4-19-15)16(24)25/h1-7H,(H,19,20)(H,24,25). The molecule has 0 aliphatic rings. The highest BCUT2D eigenvalue weighted by Crippen LogP contribution is 2.22. The van der Waals surface area contributed by atoms with Gasteiger partial charge in [-0.25, -0.2) is 28.5 Å². The Kier molecular flexibility index (Phi) is 3.27. The van der Waals surface area contributed by atoms with Crippen molar-refractivity contribution < 1.29 is 18.7 Å². The Morgan fingerprint density at radius 2 is 2.04 bits per heavy atom. The van der Waals surface area contributed by atoms with Crippen LogP contribution in [0.2, 0.25) is 0 Å². The number of rotatable bonds is 3. The van der Waals surface area contributed by atoms with Crippen LogP contribution in [0.25, 0.3) is 28.2 Å². The summed E-state index contributed by atoms with van der Waals surface area (Å²) < 4.78 is 28.5. The van der Waals surface area contributed by atoms with Crippen LogP contribution in [0, 0.1) is 11.6 Å². The van der Waals surface area contributed by atoms with Crippen molar-refractivity contribution >= 4 is 17.1 Å². The minimum absolute atomic E-state index is 0.000608. The highest BCUT2D eigenvalue weighted by Gasteiger charge is 2.15. The second-order valence-electron chi connectivity index (χ2n) is 5.22. The number of nitrogens with one attached hydrogen (secondary N) is 1. The summed E-state index contributed by atoms with van der Waals surface area (Å²) in [5, 5.41) is 9.16. The van der Waals surface area contributed by atoms with Crippen LogP contribution in [0.5, 0.6) is 0 Å². The average molecular weight is 341 g/mol. The zero-order valence-electron chi connectivity index (χ0n) is 12.4. The number of fused-ring (bicyclic) bond motifs is 1. The van der Waals surface area contributed by atoms with Crippen LogP contribution in [0.15, 0.2) is 43.1 Å². The van der Waals surface area contributed by atoms with Crippen LogP contribution in [-0.4, -0.2) is 35.6 Å². The molecule has 3 heterocycles. The largest absolute Gasteiger partial charge is 0.478 e. The number of H-pyrrole nitrogens is 1. The maximum Gasteiger partial charge on any atom is 0.339 e. The lowest BCUT2D eigenvalue weighted by Crippen LogP contribution is -1.97. The number of nitrogens with zero attached hydrogens (tertiary/aromatic N) is 4. The fourth-order valence-corrected chi connectivity index (χ4v) is 2.45. The zero-order valence-corrected chi connectivity index (χ0v) is 12.4. The molecular weight excluding hydrogens is 332 g/mol. The predicted molar refractivity (Wildman–Crippen MR) is 83.3 cm³/mol. The monoisotopic (exact) mass is 341 g/mol. The van der Waals surface area contributed by atoms with E-state index in [1.807, 2.05) is 0 Å². The fourth-order valence-electron chi connectivity index (χ4n) is 2.45. The summed E-state index contributed by atoms with van der Waals surface area (Å²) in [6.07, 6.45) is 5.49. The number of benzene rings is 1. The summed E-state index contributed by atoms with van der Waals surface area (Å²) in [6.45, 7) is 0. The maximum atomic E-state index is 13.9. The molecule has 3 aromatic heterocycles. The van der Waals surface area contributed by atoms with E-state index in [9.17, 15) is 13.6 Å². The van der Waals surface area contributed by atoms with Crippen molar-refractivity contribution in [3.05, 3.63) is 60.3 Å². The molecule has 0 bridgehead atoms. The minimum Gasteiger partial charge on any atom is -0.478 e. The Balaban J connectivity index is 1.80. The third kappa shape index (κ3) is 2.51. The maximum absolute atomic E-state index is 13.9. The number of carboxylic acid groups (broad SMARTS) is 1. The zero-order chi connectivity index (χ0) is 17.6. The summed E-state index contributed by atoms with van der Waals surface area (Å²) in [5.74, 6) is -2.32. The molecule has 4 aromatic rings. The SMILES string of the molecule is O=C(O)c1c[nH]c2ncc(-c3cn(-c4cc(F)ccc4F)cn3)nc12. The van der Waals surface area contributed by atoms with Gasteiger partial charge in [-0.15, -0.1) is 0 Å². The van der Waals surface area contributed by atoms with Crippen molar-refractivity contribution in [3.63, 3.8) is 0 Å². The van der Waals surface area contributed by atoms with Crippen LogP contribution >= 0.6 is 0 Å². The Morgan fingerprint density at radius 1 is 1.20 bits per heavy atom. The second kappa shape index (κ2) is 5.48. The average Bonchev–Trinajstić information content (AvgIpc) is 3.23. The number of halogens is 2. The van der Waals surface area contributed by atoms with Crippen LogP contribution in [-0.2, 0) is 0 Å². The fraction of sp³-hybridized carbons (Fsp3) is 0. The number of carboxylic acids is 1. The van der Waals surface area contributed by atoms with Crippen molar-refractivity contribution in [1.82, 2.24) is 24.5 Å². The van der Waals surface area contributed by atoms with Gasteiger partial charge >= 0.3 is 5.97 Å². The number of imidazole rings is 1. The second-order valence-corrected chi connectivity index (χ2v) is 5.22. The molecule has 0 aliphatic heterocycles. The van der Waals surface area contributed by atoms with Gasteiger partial charge in [-0.2, -0.15) is 0 Å². The van der Waals surface area contributed by atoms with E-state index in [4.69, 9.17) is 5.11 Å². The van der Waals surface area contributed by atoms with Crippen molar-refractivity contribution in [2.75, 3.05) is 0 Å². The van der Waals surface area contributed by atoms with E-state index < -0.39 is 17.6 Å². The predicted octanol–water partition coefficient (Wildman–Crippen LogP) is 2.79. The summed E-state index contributed by atoms with van der Waals surface area (Å²) >= 11 is 0.